The largest absolute Gasteiger partial charge is 0.367 e. The highest BCUT2D eigenvalue weighted by atomic mass is 15.0. The van der Waals surface area contributed by atoms with Gasteiger partial charge in [0.05, 0.1) is 5.52 Å². The average Bonchev–Trinajstić information content (AvgIpc) is 2.41. The smallest absolute Gasteiger partial charge is 0.126 e. The van der Waals surface area contributed by atoms with E-state index in [1.165, 1.54) is 31.1 Å². The second kappa shape index (κ2) is 4.84. The van der Waals surface area contributed by atoms with E-state index in [9.17, 15) is 0 Å². The molecule has 2 aromatic rings. The van der Waals surface area contributed by atoms with Crippen molar-refractivity contribution < 1.29 is 0 Å². The summed E-state index contributed by atoms with van der Waals surface area (Å²) in [5.74, 6) is 1.02. The monoisotopic (exact) mass is 254 g/mol. The summed E-state index contributed by atoms with van der Waals surface area (Å²) in [6.07, 6.45) is 5.11. The van der Waals surface area contributed by atoms with Crippen molar-refractivity contribution in [1.82, 2.24) is 4.98 Å². The van der Waals surface area contributed by atoms with Crippen LogP contribution in [-0.4, -0.2) is 11.0 Å². The van der Waals surface area contributed by atoms with Gasteiger partial charge in [0, 0.05) is 11.4 Å². The third-order valence-electron chi connectivity index (χ3n) is 4.29. The number of nitrogens with zero attached hydrogens (tertiary/aromatic N) is 1. The predicted molar refractivity (Wildman–Crippen MR) is 81.4 cm³/mol. The minimum Gasteiger partial charge on any atom is -0.367 e. The standard InChI is InChI=1S/C17H22N2/c1-17(2)11-9-14(10-12-17)18-16-8-7-13-5-3-4-6-15(13)19-16/h3-8,14H,9-12H2,1-2H3,(H,18,19). The first-order valence-electron chi connectivity index (χ1n) is 7.25. The first-order valence-corrected chi connectivity index (χ1v) is 7.25. The topological polar surface area (TPSA) is 24.9 Å². The van der Waals surface area contributed by atoms with E-state index < -0.39 is 0 Å². The molecule has 0 unspecified atom stereocenters. The lowest BCUT2D eigenvalue weighted by molar-refractivity contribution is 0.232. The zero-order valence-corrected chi connectivity index (χ0v) is 11.8. The fraction of sp³-hybridized carbons (Fsp3) is 0.471. The Morgan fingerprint density at radius 2 is 1.79 bits per heavy atom. The van der Waals surface area contributed by atoms with Crippen LogP contribution in [0.5, 0.6) is 0 Å². The molecule has 0 amide bonds. The lowest BCUT2D eigenvalue weighted by atomic mass is 9.75. The van der Waals surface area contributed by atoms with Crippen LogP contribution in [0.25, 0.3) is 10.9 Å². The van der Waals surface area contributed by atoms with Crippen LogP contribution in [-0.2, 0) is 0 Å². The van der Waals surface area contributed by atoms with Crippen LogP contribution in [0.2, 0.25) is 0 Å². The Bertz CT molecular complexity index is 564. The third kappa shape index (κ3) is 2.89. The maximum atomic E-state index is 4.69. The molecule has 0 atom stereocenters. The zero-order valence-electron chi connectivity index (χ0n) is 11.8. The number of aromatic nitrogens is 1. The molecule has 19 heavy (non-hydrogen) atoms. The third-order valence-corrected chi connectivity index (χ3v) is 4.29. The molecule has 2 heteroatoms. The molecule has 0 saturated heterocycles. The molecule has 100 valence electrons. The second-order valence-corrected chi connectivity index (χ2v) is 6.47. The van der Waals surface area contributed by atoms with E-state index in [2.05, 4.69) is 49.5 Å². The Hall–Kier alpha value is -1.57. The summed E-state index contributed by atoms with van der Waals surface area (Å²) in [5.41, 5.74) is 1.60. The molecule has 2 nitrogen and oxygen atoms in total. The van der Waals surface area contributed by atoms with Crippen molar-refractivity contribution in [3.8, 4) is 0 Å². The molecule has 1 aromatic carbocycles. The number of para-hydroxylation sites is 1. The van der Waals surface area contributed by atoms with E-state index in [-0.39, 0.29) is 0 Å². The van der Waals surface area contributed by atoms with Gasteiger partial charge in [0.15, 0.2) is 0 Å². The van der Waals surface area contributed by atoms with Crippen molar-refractivity contribution in [2.45, 2.75) is 45.6 Å². The molecule has 1 aromatic heterocycles. The van der Waals surface area contributed by atoms with E-state index in [0.29, 0.717) is 11.5 Å². The molecule has 0 spiro atoms. The molecule has 0 radical (unpaired) electrons. The molecule has 1 fully saturated rings. The van der Waals surface area contributed by atoms with Gasteiger partial charge in [0.1, 0.15) is 5.82 Å². The normalized spacial score (nSPS) is 19.5. The van der Waals surface area contributed by atoms with E-state index in [1.807, 2.05) is 6.07 Å². The van der Waals surface area contributed by atoms with Crippen LogP contribution in [0, 0.1) is 5.41 Å². The summed E-state index contributed by atoms with van der Waals surface area (Å²) in [4.78, 5) is 4.69. The Morgan fingerprint density at radius 1 is 1.05 bits per heavy atom. The molecule has 1 aliphatic rings. The minimum atomic E-state index is 0.523. The van der Waals surface area contributed by atoms with Crippen LogP contribution in [0.15, 0.2) is 36.4 Å². The van der Waals surface area contributed by atoms with Crippen molar-refractivity contribution in [3.63, 3.8) is 0 Å². The van der Waals surface area contributed by atoms with Gasteiger partial charge in [-0.2, -0.15) is 0 Å². The SMILES string of the molecule is CC1(C)CCC(Nc2ccc3ccccc3n2)CC1. The Morgan fingerprint density at radius 3 is 2.58 bits per heavy atom. The molecule has 1 heterocycles. The number of anilines is 1. The summed E-state index contributed by atoms with van der Waals surface area (Å²) in [6, 6.07) is 13.1. The fourth-order valence-corrected chi connectivity index (χ4v) is 2.90. The van der Waals surface area contributed by atoms with Gasteiger partial charge < -0.3 is 5.32 Å². The van der Waals surface area contributed by atoms with Gasteiger partial charge in [-0.05, 0) is 49.3 Å². The number of benzene rings is 1. The van der Waals surface area contributed by atoms with Gasteiger partial charge in [-0.3, -0.25) is 0 Å². The first-order chi connectivity index (χ1) is 9.12. The minimum absolute atomic E-state index is 0.523. The average molecular weight is 254 g/mol. The lowest BCUT2D eigenvalue weighted by Gasteiger charge is -2.34. The van der Waals surface area contributed by atoms with Gasteiger partial charge in [-0.1, -0.05) is 32.0 Å². The van der Waals surface area contributed by atoms with Crippen LogP contribution in [0.4, 0.5) is 5.82 Å². The number of rotatable bonds is 2. The first kappa shape index (κ1) is 12.5. The molecule has 1 N–H and O–H groups in total. The number of fused-ring (bicyclic) bond motifs is 1. The van der Waals surface area contributed by atoms with Crippen molar-refractivity contribution >= 4 is 16.7 Å². The lowest BCUT2D eigenvalue weighted by Crippen LogP contribution is -2.30. The van der Waals surface area contributed by atoms with E-state index in [0.717, 1.165) is 11.3 Å². The summed E-state index contributed by atoms with van der Waals surface area (Å²) in [5, 5.41) is 4.81. The van der Waals surface area contributed by atoms with Crippen LogP contribution < -0.4 is 5.32 Å². The van der Waals surface area contributed by atoms with E-state index in [4.69, 9.17) is 4.98 Å². The van der Waals surface area contributed by atoms with Crippen molar-refractivity contribution in [1.29, 1.82) is 0 Å². The highest BCUT2D eigenvalue weighted by Crippen LogP contribution is 2.36. The van der Waals surface area contributed by atoms with Crippen LogP contribution in [0.3, 0.4) is 0 Å². The zero-order chi connectivity index (χ0) is 13.3. The van der Waals surface area contributed by atoms with Gasteiger partial charge in [-0.25, -0.2) is 4.98 Å². The van der Waals surface area contributed by atoms with E-state index >= 15 is 0 Å². The van der Waals surface area contributed by atoms with Crippen LogP contribution in [0.1, 0.15) is 39.5 Å². The molecular formula is C17H22N2. The maximum Gasteiger partial charge on any atom is 0.126 e. The second-order valence-electron chi connectivity index (χ2n) is 6.47. The summed E-state index contributed by atoms with van der Waals surface area (Å²) in [6.45, 7) is 4.75. The number of nitrogens with one attached hydrogen (secondary N) is 1. The van der Waals surface area contributed by atoms with Crippen LogP contribution >= 0.6 is 0 Å². The molecule has 1 aliphatic carbocycles. The van der Waals surface area contributed by atoms with Crippen molar-refractivity contribution in [2.24, 2.45) is 5.41 Å². The summed E-state index contributed by atoms with van der Waals surface area (Å²) in [7, 11) is 0. The Labute approximate surface area is 115 Å². The molecular weight excluding hydrogens is 232 g/mol. The predicted octanol–water partition coefficient (Wildman–Crippen LogP) is 4.62. The molecule has 3 rings (SSSR count). The van der Waals surface area contributed by atoms with E-state index in [1.54, 1.807) is 0 Å². The van der Waals surface area contributed by atoms with Crippen molar-refractivity contribution in [3.05, 3.63) is 36.4 Å². The number of hydrogen-bond acceptors (Lipinski definition) is 2. The highest BCUT2D eigenvalue weighted by molar-refractivity contribution is 5.80. The van der Waals surface area contributed by atoms with Gasteiger partial charge in [0.25, 0.3) is 0 Å². The summed E-state index contributed by atoms with van der Waals surface area (Å²) >= 11 is 0. The maximum absolute atomic E-state index is 4.69. The van der Waals surface area contributed by atoms with Gasteiger partial charge >= 0.3 is 0 Å². The Kier molecular flexibility index (Phi) is 3.17. The molecule has 0 aliphatic heterocycles. The number of pyridine rings is 1. The fourth-order valence-electron chi connectivity index (χ4n) is 2.90. The highest BCUT2D eigenvalue weighted by Gasteiger charge is 2.26. The Balaban J connectivity index is 1.72. The van der Waals surface area contributed by atoms with Gasteiger partial charge in [0.2, 0.25) is 0 Å². The molecule has 1 saturated carbocycles. The quantitative estimate of drug-likeness (QED) is 0.846. The molecule has 0 bridgehead atoms. The van der Waals surface area contributed by atoms with Gasteiger partial charge in [-0.15, -0.1) is 0 Å². The number of hydrogen-bond donors (Lipinski definition) is 1. The van der Waals surface area contributed by atoms with Crippen molar-refractivity contribution in [2.75, 3.05) is 5.32 Å². The summed E-state index contributed by atoms with van der Waals surface area (Å²) < 4.78 is 0.